The van der Waals surface area contributed by atoms with Crippen LogP contribution in [0.1, 0.15) is 17.0 Å². The summed E-state index contributed by atoms with van der Waals surface area (Å²) in [7, 11) is 0. The van der Waals surface area contributed by atoms with E-state index in [0.29, 0.717) is 22.8 Å². The maximum atomic E-state index is 7.65. The van der Waals surface area contributed by atoms with Gasteiger partial charge in [0.1, 0.15) is 17.3 Å². The predicted molar refractivity (Wildman–Crippen MR) is 78.9 cm³/mol. The summed E-state index contributed by atoms with van der Waals surface area (Å²) in [6, 6.07) is 9.31. The Morgan fingerprint density at radius 2 is 1.95 bits per heavy atom. The molecule has 0 aliphatic carbocycles. The van der Waals surface area contributed by atoms with E-state index < -0.39 is 0 Å². The third-order valence-electron chi connectivity index (χ3n) is 2.62. The van der Waals surface area contributed by atoms with Gasteiger partial charge in [0, 0.05) is 11.8 Å². The molecule has 0 spiro atoms. The van der Waals surface area contributed by atoms with Crippen LogP contribution in [0.3, 0.4) is 0 Å². The number of aryl methyl sites for hydroxylation is 2. The molecule has 2 rings (SSSR count). The number of benzene rings is 1. The van der Waals surface area contributed by atoms with Gasteiger partial charge in [0.15, 0.2) is 0 Å². The van der Waals surface area contributed by atoms with Crippen molar-refractivity contribution in [2.24, 2.45) is 5.73 Å². The van der Waals surface area contributed by atoms with Crippen molar-refractivity contribution in [3.63, 3.8) is 0 Å². The molecule has 2 aromatic rings. The molecular formula is C14H14BrN3O. The molecule has 0 aliphatic heterocycles. The number of nitrogens with one attached hydrogen (secondary N) is 1. The summed E-state index contributed by atoms with van der Waals surface area (Å²) < 4.78 is 6.70. The van der Waals surface area contributed by atoms with Crippen LogP contribution in [0.25, 0.3) is 0 Å². The maximum absolute atomic E-state index is 7.65. The van der Waals surface area contributed by atoms with E-state index in [-0.39, 0.29) is 5.84 Å². The van der Waals surface area contributed by atoms with Crippen LogP contribution in [0.4, 0.5) is 0 Å². The molecule has 19 heavy (non-hydrogen) atoms. The average Bonchev–Trinajstić information content (AvgIpc) is 2.30. The lowest BCUT2D eigenvalue weighted by molar-refractivity contribution is 0.476. The quantitative estimate of drug-likeness (QED) is 0.671. The van der Waals surface area contributed by atoms with Crippen LogP contribution in [0, 0.1) is 19.3 Å². The molecule has 0 fully saturated rings. The topological polar surface area (TPSA) is 72.0 Å². The SMILES string of the molecule is Cc1cc(Oc2ccccc2Br)c(C(=N)N)c(C)n1. The fraction of sp³-hybridized carbons (Fsp3) is 0.143. The number of ether oxygens (including phenoxy) is 1. The molecule has 0 aliphatic rings. The molecule has 0 bridgehead atoms. The van der Waals surface area contributed by atoms with Crippen LogP contribution in [-0.2, 0) is 0 Å². The van der Waals surface area contributed by atoms with E-state index in [0.717, 1.165) is 10.2 Å². The second-order valence-electron chi connectivity index (χ2n) is 4.17. The highest BCUT2D eigenvalue weighted by atomic mass is 79.9. The Labute approximate surface area is 120 Å². The van der Waals surface area contributed by atoms with Crippen molar-refractivity contribution < 1.29 is 4.74 Å². The van der Waals surface area contributed by atoms with Crippen LogP contribution >= 0.6 is 15.9 Å². The molecule has 0 saturated heterocycles. The molecule has 1 aromatic heterocycles. The highest BCUT2D eigenvalue weighted by Gasteiger charge is 2.14. The molecule has 98 valence electrons. The fourth-order valence-electron chi connectivity index (χ4n) is 1.85. The Kier molecular flexibility index (Phi) is 3.85. The monoisotopic (exact) mass is 319 g/mol. The number of hydrogen-bond acceptors (Lipinski definition) is 3. The van der Waals surface area contributed by atoms with Crippen molar-refractivity contribution in [2.45, 2.75) is 13.8 Å². The molecule has 0 saturated carbocycles. The van der Waals surface area contributed by atoms with Crippen molar-refractivity contribution in [2.75, 3.05) is 0 Å². The van der Waals surface area contributed by atoms with Gasteiger partial charge in [0.25, 0.3) is 0 Å². The summed E-state index contributed by atoms with van der Waals surface area (Å²) in [5.74, 6) is 1.17. The molecule has 1 aromatic carbocycles. The van der Waals surface area contributed by atoms with Gasteiger partial charge in [-0.05, 0) is 41.9 Å². The minimum atomic E-state index is -0.0490. The fourth-order valence-corrected chi connectivity index (χ4v) is 2.21. The molecule has 0 unspecified atom stereocenters. The van der Waals surface area contributed by atoms with Gasteiger partial charge in [0.05, 0.1) is 15.7 Å². The average molecular weight is 320 g/mol. The van der Waals surface area contributed by atoms with Crippen molar-refractivity contribution in [3.8, 4) is 11.5 Å². The zero-order valence-electron chi connectivity index (χ0n) is 10.7. The first-order chi connectivity index (χ1) is 8.99. The number of nitrogens with zero attached hydrogens (tertiary/aromatic N) is 1. The molecular weight excluding hydrogens is 306 g/mol. The third kappa shape index (κ3) is 2.93. The second kappa shape index (κ2) is 5.40. The predicted octanol–water partition coefficient (Wildman–Crippen LogP) is 3.54. The maximum Gasteiger partial charge on any atom is 0.142 e. The summed E-state index contributed by atoms with van der Waals surface area (Å²) in [6.45, 7) is 3.69. The zero-order chi connectivity index (χ0) is 14.0. The number of rotatable bonds is 3. The Morgan fingerprint density at radius 1 is 1.26 bits per heavy atom. The number of pyridine rings is 1. The van der Waals surface area contributed by atoms with Gasteiger partial charge in [-0.2, -0.15) is 0 Å². The van der Waals surface area contributed by atoms with Gasteiger partial charge in [-0.15, -0.1) is 0 Å². The first-order valence-corrected chi connectivity index (χ1v) is 6.53. The minimum absolute atomic E-state index is 0.0490. The number of halogens is 1. The smallest absolute Gasteiger partial charge is 0.142 e. The number of nitrogens with two attached hydrogens (primary N) is 1. The number of hydrogen-bond donors (Lipinski definition) is 2. The van der Waals surface area contributed by atoms with Gasteiger partial charge in [-0.25, -0.2) is 0 Å². The highest BCUT2D eigenvalue weighted by Crippen LogP contribution is 2.32. The normalized spacial score (nSPS) is 10.3. The number of para-hydroxylation sites is 1. The van der Waals surface area contributed by atoms with Crippen molar-refractivity contribution >= 4 is 21.8 Å². The number of aromatic nitrogens is 1. The van der Waals surface area contributed by atoms with E-state index in [9.17, 15) is 0 Å². The molecule has 3 N–H and O–H groups in total. The van der Waals surface area contributed by atoms with Crippen molar-refractivity contribution in [1.82, 2.24) is 4.98 Å². The summed E-state index contributed by atoms with van der Waals surface area (Å²) in [5, 5.41) is 7.65. The lowest BCUT2D eigenvalue weighted by Crippen LogP contribution is -2.15. The van der Waals surface area contributed by atoms with Crippen molar-refractivity contribution in [1.29, 1.82) is 5.41 Å². The van der Waals surface area contributed by atoms with E-state index in [4.69, 9.17) is 15.9 Å². The van der Waals surface area contributed by atoms with E-state index in [1.54, 1.807) is 6.07 Å². The molecule has 4 nitrogen and oxygen atoms in total. The highest BCUT2D eigenvalue weighted by molar-refractivity contribution is 9.10. The Morgan fingerprint density at radius 3 is 2.58 bits per heavy atom. The zero-order valence-corrected chi connectivity index (χ0v) is 12.3. The van der Waals surface area contributed by atoms with Crippen LogP contribution in [0.5, 0.6) is 11.5 Å². The van der Waals surface area contributed by atoms with E-state index >= 15 is 0 Å². The van der Waals surface area contributed by atoms with Gasteiger partial charge in [0.2, 0.25) is 0 Å². The number of amidine groups is 1. The first-order valence-electron chi connectivity index (χ1n) is 5.74. The van der Waals surface area contributed by atoms with Gasteiger partial charge < -0.3 is 10.5 Å². The summed E-state index contributed by atoms with van der Waals surface area (Å²) in [4.78, 5) is 4.31. The summed E-state index contributed by atoms with van der Waals surface area (Å²) in [5.41, 5.74) is 7.65. The molecule has 0 amide bonds. The lowest BCUT2D eigenvalue weighted by Gasteiger charge is -2.14. The Balaban J connectivity index is 2.51. The second-order valence-corrected chi connectivity index (χ2v) is 5.02. The number of nitrogen functional groups attached to an aromatic ring is 1. The molecule has 5 heteroatoms. The molecule has 1 heterocycles. The van der Waals surface area contributed by atoms with E-state index in [2.05, 4.69) is 20.9 Å². The molecule has 0 radical (unpaired) electrons. The molecule has 0 atom stereocenters. The third-order valence-corrected chi connectivity index (χ3v) is 3.27. The van der Waals surface area contributed by atoms with Crippen LogP contribution in [-0.4, -0.2) is 10.8 Å². The van der Waals surface area contributed by atoms with Crippen molar-refractivity contribution in [3.05, 3.63) is 51.8 Å². The van der Waals surface area contributed by atoms with Gasteiger partial charge in [-0.1, -0.05) is 12.1 Å². The van der Waals surface area contributed by atoms with Crippen LogP contribution in [0.2, 0.25) is 0 Å². The van der Waals surface area contributed by atoms with E-state index in [1.807, 2.05) is 38.1 Å². The Hall–Kier alpha value is -1.88. The summed E-state index contributed by atoms with van der Waals surface area (Å²) >= 11 is 3.43. The van der Waals surface area contributed by atoms with Crippen LogP contribution < -0.4 is 10.5 Å². The van der Waals surface area contributed by atoms with Gasteiger partial charge >= 0.3 is 0 Å². The Bertz CT molecular complexity index is 641. The minimum Gasteiger partial charge on any atom is -0.455 e. The van der Waals surface area contributed by atoms with Crippen LogP contribution in [0.15, 0.2) is 34.8 Å². The van der Waals surface area contributed by atoms with Gasteiger partial charge in [-0.3, -0.25) is 10.4 Å². The largest absolute Gasteiger partial charge is 0.455 e. The summed E-state index contributed by atoms with van der Waals surface area (Å²) in [6.07, 6.45) is 0. The lowest BCUT2D eigenvalue weighted by atomic mass is 10.1. The standard InChI is InChI=1S/C14H14BrN3O/c1-8-7-12(13(14(16)17)9(2)18-8)19-11-6-4-3-5-10(11)15/h3-7H,1-2H3,(H3,16,17). The first kappa shape index (κ1) is 13.5. The van der Waals surface area contributed by atoms with E-state index in [1.165, 1.54) is 0 Å².